The minimum absolute atomic E-state index is 0.222. The Bertz CT molecular complexity index is 777. The lowest BCUT2D eigenvalue weighted by atomic mass is 10.1. The first-order chi connectivity index (χ1) is 10.8. The van der Waals surface area contributed by atoms with Gasteiger partial charge in [0.1, 0.15) is 4.88 Å². The molecule has 0 amide bonds. The van der Waals surface area contributed by atoms with Gasteiger partial charge in [0.2, 0.25) is 5.78 Å². The summed E-state index contributed by atoms with van der Waals surface area (Å²) in [7, 11) is 1.27. The number of esters is 2. The molecular formula is C15H14ClNO5S. The van der Waals surface area contributed by atoms with Crippen molar-refractivity contribution in [2.45, 2.75) is 13.8 Å². The zero-order valence-corrected chi connectivity index (χ0v) is 14.3. The van der Waals surface area contributed by atoms with Crippen molar-refractivity contribution in [3.63, 3.8) is 0 Å². The van der Waals surface area contributed by atoms with Gasteiger partial charge < -0.3 is 14.5 Å². The third-order valence-electron chi connectivity index (χ3n) is 3.21. The Morgan fingerprint density at radius 1 is 1.22 bits per heavy atom. The molecule has 2 aromatic rings. The number of aromatic amines is 1. The topological polar surface area (TPSA) is 85.5 Å². The van der Waals surface area contributed by atoms with Gasteiger partial charge in [0.15, 0.2) is 6.61 Å². The maximum Gasteiger partial charge on any atom is 0.348 e. The van der Waals surface area contributed by atoms with Gasteiger partial charge in [-0.1, -0.05) is 11.6 Å². The van der Waals surface area contributed by atoms with E-state index in [1.54, 1.807) is 19.9 Å². The molecule has 0 fully saturated rings. The number of hydrogen-bond acceptors (Lipinski definition) is 6. The number of methoxy groups -OCH3 is 1. The first kappa shape index (κ1) is 17.2. The number of thiophene rings is 1. The maximum absolute atomic E-state index is 12.2. The standard InChI is InChI=1S/C15H14ClNO5S/c1-7-12(15(20)21-3)8(2)17-13(7)9(18)6-22-14(19)10-4-5-11(16)23-10/h4-5,17H,6H2,1-3H3. The van der Waals surface area contributed by atoms with E-state index in [1.165, 1.54) is 13.2 Å². The van der Waals surface area contributed by atoms with Gasteiger partial charge in [-0.05, 0) is 31.5 Å². The lowest BCUT2D eigenvalue weighted by molar-refractivity contribution is 0.0477. The van der Waals surface area contributed by atoms with Gasteiger partial charge in [0.25, 0.3) is 0 Å². The summed E-state index contributed by atoms with van der Waals surface area (Å²) in [5.74, 6) is -1.58. The molecule has 6 nitrogen and oxygen atoms in total. The molecule has 1 N–H and O–H groups in total. The second-order valence-electron chi connectivity index (χ2n) is 4.72. The number of carbonyl (C=O) groups excluding carboxylic acids is 3. The van der Waals surface area contributed by atoms with Crippen LogP contribution in [0.3, 0.4) is 0 Å². The van der Waals surface area contributed by atoms with Crippen LogP contribution in [-0.4, -0.2) is 36.4 Å². The molecule has 0 aliphatic carbocycles. The minimum Gasteiger partial charge on any atom is -0.465 e. The van der Waals surface area contributed by atoms with Crippen LogP contribution in [0.2, 0.25) is 4.34 Å². The van der Waals surface area contributed by atoms with E-state index >= 15 is 0 Å². The third kappa shape index (κ3) is 3.62. The van der Waals surface area contributed by atoms with Gasteiger partial charge in [0.05, 0.1) is 22.7 Å². The van der Waals surface area contributed by atoms with E-state index < -0.39 is 24.3 Å². The van der Waals surface area contributed by atoms with Crippen molar-refractivity contribution in [3.05, 3.63) is 43.9 Å². The van der Waals surface area contributed by atoms with Crippen molar-refractivity contribution in [3.8, 4) is 0 Å². The Hall–Kier alpha value is -2.12. The van der Waals surface area contributed by atoms with Crippen LogP contribution >= 0.6 is 22.9 Å². The first-order valence-electron chi connectivity index (χ1n) is 6.58. The molecule has 0 radical (unpaired) electrons. The van der Waals surface area contributed by atoms with Crippen molar-refractivity contribution in [1.29, 1.82) is 0 Å². The molecule has 0 spiro atoms. The van der Waals surface area contributed by atoms with Gasteiger partial charge in [-0.3, -0.25) is 4.79 Å². The molecular weight excluding hydrogens is 342 g/mol. The SMILES string of the molecule is COC(=O)c1c(C)[nH]c(C(=O)COC(=O)c2ccc(Cl)s2)c1C. The number of ether oxygens (including phenoxy) is 2. The number of ketones is 1. The largest absolute Gasteiger partial charge is 0.465 e. The first-order valence-corrected chi connectivity index (χ1v) is 7.77. The Morgan fingerprint density at radius 2 is 1.91 bits per heavy atom. The Morgan fingerprint density at radius 3 is 2.48 bits per heavy atom. The normalized spacial score (nSPS) is 10.4. The smallest absolute Gasteiger partial charge is 0.348 e. The summed E-state index contributed by atoms with van der Waals surface area (Å²) in [5, 5.41) is 0. The van der Waals surface area contributed by atoms with Crippen LogP contribution in [0.1, 0.15) is 41.8 Å². The van der Waals surface area contributed by atoms with Crippen molar-refractivity contribution in [2.75, 3.05) is 13.7 Å². The summed E-state index contributed by atoms with van der Waals surface area (Å²) < 4.78 is 10.1. The fraction of sp³-hybridized carbons (Fsp3) is 0.267. The average Bonchev–Trinajstić information content (AvgIpc) is 3.07. The molecule has 0 bridgehead atoms. The van der Waals surface area contributed by atoms with Gasteiger partial charge in [-0.15, -0.1) is 11.3 Å². The highest BCUT2D eigenvalue weighted by atomic mass is 35.5. The van der Waals surface area contributed by atoms with Crippen LogP contribution in [0.15, 0.2) is 12.1 Å². The van der Waals surface area contributed by atoms with E-state index in [1.807, 2.05) is 0 Å². The molecule has 0 aliphatic heterocycles. The van der Waals surface area contributed by atoms with E-state index in [-0.39, 0.29) is 5.69 Å². The highest BCUT2D eigenvalue weighted by Crippen LogP contribution is 2.22. The number of halogens is 1. The van der Waals surface area contributed by atoms with Crippen molar-refractivity contribution in [2.24, 2.45) is 0 Å². The molecule has 8 heteroatoms. The van der Waals surface area contributed by atoms with Crippen LogP contribution in [0.4, 0.5) is 0 Å². The van der Waals surface area contributed by atoms with Crippen molar-refractivity contribution < 1.29 is 23.9 Å². The summed E-state index contributed by atoms with van der Waals surface area (Å²) in [6, 6.07) is 3.10. The second-order valence-corrected chi connectivity index (χ2v) is 6.43. The quantitative estimate of drug-likeness (QED) is 0.657. The van der Waals surface area contributed by atoms with Crippen LogP contribution in [0, 0.1) is 13.8 Å². The van der Waals surface area contributed by atoms with E-state index in [2.05, 4.69) is 9.72 Å². The highest BCUT2D eigenvalue weighted by molar-refractivity contribution is 7.17. The van der Waals surface area contributed by atoms with E-state index in [0.717, 1.165) is 11.3 Å². The number of nitrogens with one attached hydrogen (secondary N) is 1. The molecule has 2 aromatic heterocycles. The van der Waals surface area contributed by atoms with Crippen molar-refractivity contribution >= 4 is 40.7 Å². The molecule has 0 aromatic carbocycles. The zero-order valence-electron chi connectivity index (χ0n) is 12.7. The molecule has 2 rings (SSSR count). The van der Waals surface area contributed by atoms with E-state index in [4.69, 9.17) is 16.3 Å². The lowest BCUT2D eigenvalue weighted by Crippen LogP contribution is -2.15. The highest BCUT2D eigenvalue weighted by Gasteiger charge is 2.23. The number of aryl methyl sites for hydroxylation is 1. The number of hydrogen-bond donors (Lipinski definition) is 1. The molecule has 0 aliphatic rings. The Balaban J connectivity index is 2.10. The van der Waals surface area contributed by atoms with Gasteiger partial charge in [-0.25, -0.2) is 9.59 Å². The monoisotopic (exact) mass is 355 g/mol. The fourth-order valence-electron chi connectivity index (χ4n) is 2.14. The minimum atomic E-state index is -0.621. The maximum atomic E-state index is 12.2. The van der Waals surface area contributed by atoms with Crippen LogP contribution in [0.25, 0.3) is 0 Å². The molecule has 0 saturated carbocycles. The molecule has 122 valence electrons. The number of rotatable bonds is 5. The number of aromatic nitrogens is 1. The fourth-order valence-corrected chi connectivity index (χ4v) is 3.07. The number of H-pyrrole nitrogens is 1. The molecule has 0 saturated heterocycles. The molecule has 23 heavy (non-hydrogen) atoms. The van der Waals surface area contributed by atoms with Gasteiger partial charge >= 0.3 is 11.9 Å². The van der Waals surface area contributed by atoms with Gasteiger partial charge in [-0.2, -0.15) is 0 Å². The third-order valence-corrected chi connectivity index (χ3v) is 4.43. The average molecular weight is 356 g/mol. The van der Waals surface area contributed by atoms with Crippen LogP contribution in [0.5, 0.6) is 0 Å². The number of carbonyl (C=O) groups is 3. The second kappa shape index (κ2) is 6.97. The summed E-state index contributed by atoms with van der Waals surface area (Å²) in [4.78, 5) is 38.8. The van der Waals surface area contributed by atoms with Crippen LogP contribution in [-0.2, 0) is 9.47 Å². The Labute approximate surface area is 141 Å². The van der Waals surface area contributed by atoms with Crippen molar-refractivity contribution in [1.82, 2.24) is 4.98 Å². The Kier molecular flexibility index (Phi) is 5.23. The molecule has 0 unspecified atom stereocenters. The van der Waals surface area contributed by atoms with E-state index in [0.29, 0.717) is 26.0 Å². The number of Topliss-reactive ketones (excluding diaryl/α,β-unsaturated/α-hetero) is 1. The summed E-state index contributed by atoms with van der Waals surface area (Å²) in [6.07, 6.45) is 0. The summed E-state index contributed by atoms with van der Waals surface area (Å²) in [6.45, 7) is 2.86. The zero-order chi connectivity index (χ0) is 17.1. The summed E-state index contributed by atoms with van der Waals surface area (Å²) in [5.41, 5.74) is 1.52. The molecule has 0 atom stereocenters. The summed E-state index contributed by atoms with van der Waals surface area (Å²) >= 11 is 6.81. The van der Waals surface area contributed by atoms with E-state index in [9.17, 15) is 14.4 Å². The molecule has 2 heterocycles. The van der Waals surface area contributed by atoms with Gasteiger partial charge in [0, 0.05) is 5.69 Å². The predicted octanol–water partition coefficient (Wildman–Crippen LogP) is 3.17. The van der Waals surface area contributed by atoms with Crippen LogP contribution < -0.4 is 0 Å². The lowest BCUT2D eigenvalue weighted by Gasteiger charge is -2.03. The predicted molar refractivity (Wildman–Crippen MR) is 85.5 cm³/mol.